The molecule has 21 heavy (non-hydrogen) atoms. The van der Waals surface area contributed by atoms with Crippen LogP contribution in [0.25, 0.3) is 0 Å². The molecular weight excluding hydrogens is 264 g/mol. The zero-order valence-electron chi connectivity index (χ0n) is 14.2. The first kappa shape index (κ1) is 18.0. The Hall–Kier alpha value is -1.06. The summed E-state index contributed by atoms with van der Waals surface area (Å²) in [4.78, 5) is 26.1. The third kappa shape index (κ3) is 5.68. The van der Waals surface area contributed by atoms with E-state index in [4.69, 9.17) is 0 Å². The van der Waals surface area contributed by atoms with Crippen LogP contribution in [-0.4, -0.2) is 35.3 Å². The Balaban J connectivity index is 2.36. The third-order valence-electron chi connectivity index (χ3n) is 4.25. The molecular formula is C17H32N2O2. The molecule has 0 spiro atoms. The Morgan fingerprint density at radius 1 is 1.14 bits per heavy atom. The Kier molecular flexibility index (Phi) is 7.76. The molecule has 0 aromatic carbocycles. The van der Waals surface area contributed by atoms with E-state index < -0.39 is 0 Å². The van der Waals surface area contributed by atoms with Gasteiger partial charge in [0.25, 0.3) is 0 Å². The SMILES string of the molecule is CCCC1NC(=O)C(C)N(CCCCCCC(C)C)C1=O. The van der Waals surface area contributed by atoms with Crippen LogP contribution in [-0.2, 0) is 9.59 Å². The number of carbonyl (C=O) groups excluding carboxylic acids is 2. The highest BCUT2D eigenvalue weighted by Crippen LogP contribution is 2.15. The van der Waals surface area contributed by atoms with Crippen molar-refractivity contribution in [1.82, 2.24) is 10.2 Å². The molecule has 4 nitrogen and oxygen atoms in total. The topological polar surface area (TPSA) is 49.4 Å². The van der Waals surface area contributed by atoms with E-state index in [9.17, 15) is 9.59 Å². The van der Waals surface area contributed by atoms with Crippen molar-refractivity contribution in [2.75, 3.05) is 6.54 Å². The van der Waals surface area contributed by atoms with Gasteiger partial charge < -0.3 is 10.2 Å². The molecule has 122 valence electrons. The van der Waals surface area contributed by atoms with Gasteiger partial charge in [-0.3, -0.25) is 9.59 Å². The maximum atomic E-state index is 12.4. The van der Waals surface area contributed by atoms with E-state index in [2.05, 4.69) is 19.2 Å². The lowest BCUT2D eigenvalue weighted by Crippen LogP contribution is -2.62. The predicted octanol–water partition coefficient (Wildman–Crippen LogP) is 3.11. The molecule has 0 aromatic rings. The highest BCUT2D eigenvalue weighted by Gasteiger charge is 2.36. The van der Waals surface area contributed by atoms with Crippen LogP contribution < -0.4 is 5.32 Å². The molecule has 1 rings (SSSR count). The summed E-state index contributed by atoms with van der Waals surface area (Å²) in [6.07, 6.45) is 7.55. The number of carbonyl (C=O) groups is 2. The van der Waals surface area contributed by atoms with Gasteiger partial charge in [0.05, 0.1) is 0 Å². The van der Waals surface area contributed by atoms with Crippen LogP contribution in [0.2, 0.25) is 0 Å². The highest BCUT2D eigenvalue weighted by atomic mass is 16.2. The Morgan fingerprint density at radius 3 is 2.43 bits per heavy atom. The fraction of sp³-hybridized carbons (Fsp3) is 0.882. The van der Waals surface area contributed by atoms with Crippen molar-refractivity contribution < 1.29 is 9.59 Å². The van der Waals surface area contributed by atoms with Gasteiger partial charge in [-0.05, 0) is 25.7 Å². The van der Waals surface area contributed by atoms with E-state index in [1.165, 1.54) is 19.3 Å². The minimum Gasteiger partial charge on any atom is -0.343 e. The molecule has 1 fully saturated rings. The van der Waals surface area contributed by atoms with Crippen molar-refractivity contribution in [1.29, 1.82) is 0 Å². The van der Waals surface area contributed by atoms with Crippen LogP contribution in [0.1, 0.15) is 72.6 Å². The lowest BCUT2D eigenvalue weighted by molar-refractivity contribution is -0.148. The van der Waals surface area contributed by atoms with Crippen molar-refractivity contribution in [3.63, 3.8) is 0 Å². The number of hydrogen-bond acceptors (Lipinski definition) is 2. The molecule has 4 heteroatoms. The average Bonchev–Trinajstić information content (AvgIpc) is 2.43. The van der Waals surface area contributed by atoms with Gasteiger partial charge in [0.1, 0.15) is 12.1 Å². The summed E-state index contributed by atoms with van der Waals surface area (Å²) in [5.74, 6) is 0.867. The Bertz CT molecular complexity index is 342. The molecule has 2 unspecified atom stereocenters. The summed E-state index contributed by atoms with van der Waals surface area (Å²) >= 11 is 0. The lowest BCUT2D eigenvalue weighted by Gasteiger charge is -2.37. The molecule has 1 heterocycles. The van der Waals surface area contributed by atoms with Gasteiger partial charge in [0.2, 0.25) is 11.8 Å². The van der Waals surface area contributed by atoms with Gasteiger partial charge in [-0.2, -0.15) is 0 Å². The quantitative estimate of drug-likeness (QED) is 0.665. The molecule has 1 saturated heterocycles. The van der Waals surface area contributed by atoms with E-state index in [0.717, 1.165) is 38.1 Å². The van der Waals surface area contributed by atoms with Crippen LogP contribution in [0.3, 0.4) is 0 Å². The van der Waals surface area contributed by atoms with Gasteiger partial charge in [-0.1, -0.05) is 52.9 Å². The first-order chi connectivity index (χ1) is 9.97. The summed E-state index contributed by atoms with van der Waals surface area (Å²) in [7, 11) is 0. The first-order valence-electron chi connectivity index (χ1n) is 8.58. The monoisotopic (exact) mass is 296 g/mol. The number of unbranched alkanes of at least 4 members (excludes halogenated alkanes) is 3. The molecule has 2 atom stereocenters. The minimum absolute atomic E-state index is 0.00661. The number of hydrogen-bond donors (Lipinski definition) is 1. The fourth-order valence-electron chi connectivity index (χ4n) is 2.86. The maximum Gasteiger partial charge on any atom is 0.245 e. The Labute approximate surface area is 129 Å². The third-order valence-corrected chi connectivity index (χ3v) is 4.25. The number of nitrogens with one attached hydrogen (secondary N) is 1. The number of amides is 2. The van der Waals surface area contributed by atoms with E-state index in [0.29, 0.717) is 0 Å². The van der Waals surface area contributed by atoms with Crippen molar-refractivity contribution in [3.05, 3.63) is 0 Å². The molecule has 0 aromatic heterocycles. The molecule has 0 radical (unpaired) electrons. The van der Waals surface area contributed by atoms with Crippen LogP contribution in [0.15, 0.2) is 0 Å². The number of rotatable bonds is 9. The van der Waals surface area contributed by atoms with Gasteiger partial charge in [-0.15, -0.1) is 0 Å². The van der Waals surface area contributed by atoms with Crippen LogP contribution in [0.5, 0.6) is 0 Å². The first-order valence-corrected chi connectivity index (χ1v) is 8.58. The largest absolute Gasteiger partial charge is 0.343 e. The summed E-state index contributed by atoms with van der Waals surface area (Å²) in [5.41, 5.74) is 0. The number of nitrogens with zero attached hydrogens (tertiary/aromatic N) is 1. The number of piperazine rings is 1. The normalized spacial score (nSPS) is 22.8. The fourth-order valence-corrected chi connectivity index (χ4v) is 2.86. The van der Waals surface area contributed by atoms with Crippen LogP contribution in [0.4, 0.5) is 0 Å². The zero-order valence-corrected chi connectivity index (χ0v) is 14.2. The second-order valence-corrected chi connectivity index (χ2v) is 6.65. The maximum absolute atomic E-state index is 12.4. The summed E-state index contributed by atoms with van der Waals surface area (Å²) in [6, 6.07) is -0.624. The summed E-state index contributed by atoms with van der Waals surface area (Å²) < 4.78 is 0. The lowest BCUT2D eigenvalue weighted by atomic mass is 10.0. The van der Waals surface area contributed by atoms with E-state index in [1.807, 2.05) is 13.8 Å². The van der Waals surface area contributed by atoms with Crippen LogP contribution in [0, 0.1) is 5.92 Å². The van der Waals surface area contributed by atoms with Gasteiger partial charge in [0.15, 0.2) is 0 Å². The molecule has 1 aliphatic rings. The minimum atomic E-state index is -0.318. The van der Waals surface area contributed by atoms with Crippen molar-refractivity contribution in [2.24, 2.45) is 5.92 Å². The second-order valence-electron chi connectivity index (χ2n) is 6.65. The highest BCUT2D eigenvalue weighted by molar-refractivity contribution is 5.96. The van der Waals surface area contributed by atoms with E-state index in [1.54, 1.807) is 4.90 Å². The van der Waals surface area contributed by atoms with Gasteiger partial charge in [0, 0.05) is 6.54 Å². The summed E-state index contributed by atoms with van der Waals surface area (Å²) in [6.45, 7) is 9.08. The zero-order chi connectivity index (χ0) is 15.8. The molecule has 1 N–H and O–H groups in total. The Morgan fingerprint density at radius 2 is 1.81 bits per heavy atom. The van der Waals surface area contributed by atoms with Gasteiger partial charge in [-0.25, -0.2) is 0 Å². The molecule has 2 amide bonds. The van der Waals surface area contributed by atoms with Crippen molar-refractivity contribution in [2.45, 2.75) is 84.7 Å². The standard InChI is InChI=1S/C17H32N2O2/c1-5-10-15-17(21)19(14(4)16(20)18-15)12-9-7-6-8-11-13(2)3/h13-15H,5-12H2,1-4H3,(H,18,20). The van der Waals surface area contributed by atoms with Crippen molar-refractivity contribution >= 4 is 11.8 Å². The predicted molar refractivity (Wildman–Crippen MR) is 85.9 cm³/mol. The second kappa shape index (κ2) is 9.06. The van der Waals surface area contributed by atoms with Gasteiger partial charge >= 0.3 is 0 Å². The smallest absolute Gasteiger partial charge is 0.245 e. The average molecular weight is 296 g/mol. The molecule has 0 aliphatic carbocycles. The molecule has 1 aliphatic heterocycles. The van der Waals surface area contributed by atoms with Crippen LogP contribution >= 0.6 is 0 Å². The van der Waals surface area contributed by atoms with E-state index >= 15 is 0 Å². The summed E-state index contributed by atoms with van der Waals surface area (Å²) in [5, 5.41) is 2.84. The van der Waals surface area contributed by atoms with Crippen molar-refractivity contribution in [3.8, 4) is 0 Å². The molecule has 0 bridgehead atoms. The molecule has 0 saturated carbocycles. The van der Waals surface area contributed by atoms with E-state index in [-0.39, 0.29) is 23.9 Å².